The zero-order chi connectivity index (χ0) is 27.5. The molecule has 200 valence electrons. The summed E-state index contributed by atoms with van der Waals surface area (Å²) in [5, 5.41) is 43.7. The normalized spacial score (nSPS) is 15.4. The molecular formula is C21H36N4O10. The van der Waals surface area contributed by atoms with E-state index in [1.807, 2.05) is 19.2 Å². The fourth-order valence-electron chi connectivity index (χ4n) is 3.09. The van der Waals surface area contributed by atoms with Crippen LogP contribution in [0.3, 0.4) is 0 Å². The van der Waals surface area contributed by atoms with Crippen molar-refractivity contribution in [2.24, 2.45) is 17.6 Å². The molecule has 14 heteroatoms. The number of carbonyl (C=O) groups excluding carboxylic acids is 3. The van der Waals surface area contributed by atoms with Crippen LogP contribution in [0.25, 0.3) is 0 Å². The number of aliphatic hydroxyl groups is 1. The van der Waals surface area contributed by atoms with Crippen LogP contribution in [0.4, 0.5) is 0 Å². The topological polar surface area (TPSA) is 245 Å². The number of nitrogens with two attached hydrogens (primary N) is 1. The van der Waals surface area contributed by atoms with Gasteiger partial charge in [0.25, 0.3) is 5.91 Å². The maximum absolute atomic E-state index is 12.9. The molecule has 0 saturated heterocycles. The van der Waals surface area contributed by atoms with Gasteiger partial charge in [0.05, 0.1) is 6.42 Å². The first-order chi connectivity index (χ1) is 16.1. The van der Waals surface area contributed by atoms with Crippen molar-refractivity contribution in [1.29, 1.82) is 0 Å². The lowest BCUT2D eigenvalue weighted by atomic mass is 9.99. The minimum atomic E-state index is -1.75. The number of hydrogen-bond donors (Lipinski definition) is 8. The smallest absolute Gasteiger partial charge is 0.326 e. The maximum atomic E-state index is 12.9. The van der Waals surface area contributed by atoms with Gasteiger partial charge in [-0.3, -0.25) is 24.0 Å². The van der Waals surface area contributed by atoms with Crippen LogP contribution in [0.15, 0.2) is 0 Å². The van der Waals surface area contributed by atoms with Gasteiger partial charge in [0.15, 0.2) is 0 Å². The fraction of sp³-hybridized carbons (Fsp3) is 0.714. The second kappa shape index (κ2) is 14.9. The van der Waals surface area contributed by atoms with E-state index in [1.165, 1.54) is 13.8 Å². The van der Waals surface area contributed by atoms with E-state index in [0.717, 1.165) is 0 Å². The van der Waals surface area contributed by atoms with E-state index < -0.39 is 84.7 Å². The Hall–Kier alpha value is -3.26. The molecule has 0 rings (SSSR count). The van der Waals surface area contributed by atoms with Crippen molar-refractivity contribution >= 4 is 35.6 Å². The molecule has 9 N–H and O–H groups in total. The van der Waals surface area contributed by atoms with Crippen molar-refractivity contribution in [3.05, 3.63) is 0 Å². The van der Waals surface area contributed by atoms with Crippen molar-refractivity contribution in [2.75, 3.05) is 0 Å². The molecule has 0 aliphatic heterocycles. The molecule has 35 heavy (non-hydrogen) atoms. The third-order valence-corrected chi connectivity index (χ3v) is 4.94. The van der Waals surface area contributed by atoms with Gasteiger partial charge in [-0.2, -0.15) is 0 Å². The average molecular weight is 505 g/mol. The van der Waals surface area contributed by atoms with Gasteiger partial charge in [0, 0.05) is 12.5 Å². The molecule has 0 aromatic carbocycles. The van der Waals surface area contributed by atoms with E-state index in [9.17, 15) is 33.9 Å². The number of hydrogen-bond acceptors (Lipinski definition) is 8. The summed E-state index contributed by atoms with van der Waals surface area (Å²) in [6.45, 7) is 6.71. The molecule has 5 atom stereocenters. The molecule has 0 aliphatic rings. The monoisotopic (exact) mass is 504 g/mol. The lowest BCUT2D eigenvalue weighted by molar-refractivity contribution is -0.147. The summed E-state index contributed by atoms with van der Waals surface area (Å²) in [4.78, 5) is 71.0. The Morgan fingerprint density at radius 2 is 1.31 bits per heavy atom. The molecule has 3 amide bonds. The van der Waals surface area contributed by atoms with Crippen molar-refractivity contribution in [2.45, 2.75) is 83.6 Å². The molecule has 0 aliphatic carbocycles. The highest BCUT2D eigenvalue weighted by molar-refractivity contribution is 5.94. The van der Waals surface area contributed by atoms with Crippen LogP contribution in [-0.2, 0) is 28.8 Å². The van der Waals surface area contributed by atoms with Crippen LogP contribution in [0.1, 0.15) is 53.4 Å². The number of amides is 3. The van der Waals surface area contributed by atoms with Crippen LogP contribution in [-0.4, -0.2) is 86.3 Å². The summed E-state index contributed by atoms with van der Waals surface area (Å²) in [6.07, 6.45) is -3.16. The first-order valence-electron chi connectivity index (χ1n) is 11.1. The van der Waals surface area contributed by atoms with Crippen molar-refractivity contribution < 1.29 is 49.2 Å². The lowest BCUT2D eigenvalue weighted by Gasteiger charge is -2.27. The van der Waals surface area contributed by atoms with Crippen LogP contribution < -0.4 is 21.7 Å². The van der Waals surface area contributed by atoms with E-state index in [0.29, 0.717) is 6.42 Å². The average Bonchev–Trinajstić information content (AvgIpc) is 2.71. The number of aliphatic hydroxyl groups excluding tert-OH is 1. The molecule has 0 heterocycles. The molecule has 5 unspecified atom stereocenters. The first-order valence-corrected chi connectivity index (χ1v) is 11.1. The number of aliphatic carboxylic acids is 3. The van der Waals surface area contributed by atoms with Crippen LogP contribution >= 0.6 is 0 Å². The maximum Gasteiger partial charge on any atom is 0.326 e. The molecular weight excluding hydrogens is 468 g/mol. The number of carboxylic acid groups (broad SMARTS) is 3. The van der Waals surface area contributed by atoms with Crippen molar-refractivity contribution in [1.82, 2.24) is 16.0 Å². The molecule has 0 saturated carbocycles. The SMILES string of the molecule is CC(C)CC(N)C(O)C(=O)NC(CCC(=O)O)C(=O)NC(C(=O)NC(CC(=O)O)C(=O)O)C(C)C. The Bertz CT molecular complexity index is 786. The highest BCUT2D eigenvalue weighted by atomic mass is 16.4. The van der Waals surface area contributed by atoms with E-state index in [2.05, 4.69) is 10.6 Å². The summed E-state index contributed by atoms with van der Waals surface area (Å²) < 4.78 is 0. The lowest BCUT2D eigenvalue weighted by Crippen LogP contribution is -2.59. The first kappa shape index (κ1) is 31.7. The minimum absolute atomic E-state index is 0.0691. The van der Waals surface area contributed by atoms with Crippen LogP contribution in [0, 0.1) is 11.8 Å². The fourth-order valence-corrected chi connectivity index (χ4v) is 3.09. The predicted molar refractivity (Wildman–Crippen MR) is 121 cm³/mol. The third kappa shape index (κ3) is 12.1. The predicted octanol–water partition coefficient (Wildman–Crippen LogP) is -1.74. The largest absolute Gasteiger partial charge is 0.481 e. The van der Waals surface area contributed by atoms with E-state index in [-0.39, 0.29) is 12.3 Å². The van der Waals surface area contributed by atoms with E-state index >= 15 is 0 Å². The van der Waals surface area contributed by atoms with Gasteiger partial charge >= 0.3 is 17.9 Å². The molecule has 0 aromatic heterocycles. The summed E-state index contributed by atoms with van der Waals surface area (Å²) in [7, 11) is 0. The molecule has 0 aromatic rings. The van der Waals surface area contributed by atoms with Gasteiger partial charge in [-0.25, -0.2) is 4.79 Å². The second-order valence-corrected chi connectivity index (χ2v) is 8.96. The Morgan fingerprint density at radius 1 is 0.771 bits per heavy atom. The highest BCUT2D eigenvalue weighted by Gasteiger charge is 2.33. The molecule has 0 bridgehead atoms. The standard InChI is InChI=1S/C21H36N4O10/c1-9(2)7-11(22)17(30)20(33)23-12(5-6-14(26)27)18(31)25-16(10(3)4)19(32)24-13(21(34)35)8-15(28)29/h9-13,16-17,30H,5-8,22H2,1-4H3,(H,23,33)(H,24,32)(H,25,31)(H,26,27)(H,28,29)(H,34,35). The van der Waals surface area contributed by atoms with E-state index in [1.54, 1.807) is 0 Å². The zero-order valence-corrected chi connectivity index (χ0v) is 20.2. The minimum Gasteiger partial charge on any atom is -0.481 e. The van der Waals surface area contributed by atoms with Gasteiger partial charge in [-0.15, -0.1) is 0 Å². The third-order valence-electron chi connectivity index (χ3n) is 4.94. The number of carbonyl (C=O) groups is 6. The van der Waals surface area contributed by atoms with Gasteiger partial charge in [-0.05, 0) is 24.7 Å². The van der Waals surface area contributed by atoms with Crippen molar-refractivity contribution in [3.8, 4) is 0 Å². The van der Waals surface area contributed by atoms with E-state index in [4.69, 9.17) is 21.1 Å². The van der Waals surface area contributed by atoms with Crippen LogP contribution in [0.2, 0.25) is 0 Å². The highest BCUT2D eigenvalue weighted by Crippen LogP contribution is 2.09. The summed E-state index contributed by atoms with van der Waals surface area (Å²) in [5.74, 6) is -7.78. The second-order valence-electron chi connectivity index (χ2n) is 8.96. The molecule has 0 fully saturated rings. The summed E-state index contributed by atoms with van der Waals surface area (Å²) in [5.41, 5.74) is 5.81. The Kier molecular flexibility index (Phi) is 13.5. The van der Waals surface area contributed by atoms with Crippen molar-refractivity contribution in [3.63, 3.8) is 0 Å². The number of rotatable bonds is 16. The molecule has 0 spiro atoms. The number of carboxylic acids is 3. The van der Waals surface area contributed by atoms with Gasteiger partial charge in [0.1, 0.15) is 24.2 Å². The Morgan fingerprint density at radius 3 is 1.74 bits per heavy atom. The zero-order valence-electron chi connectivity index (χ0n) is 20.2. The number of nitrogens with one attached hydrogen (secondary N) is 3. The van der Waals surface area contributed by atoms with Gasteiger partial charge in [-0.1, -0.05) is 27.7 Å². The summed E-state index contributed by atoms with van der Waals surface area (Å²) >= 11 is 0. The summed E-state index contributed by atoms with van der Waals surface area (Å²) in [6, 6.07) is -5.48. The molecule has 14 nitrogen and oxygen atoms in total. The van der Waals surface area contributed by atoms with Crippen LogP contribution in [0.5, 0.6) is 0 Å². The molecule has 0 radical (unpaired) electrons. The quantitative estimate of drug-likeness (QED) is 0.117. The Balaban J connectivity index is 5.57. The van der Waals surface area contributed by atoms with Gasteiger partial charge < -0.3 is 42.1 Å². The Labute approximate surface area is 202 Å². The van der Waals surface area contributed by atoms with Gasteiger partial charge in [0.2, 0.25) is 11.8 Å².